The van der Waals surface area contributed by atoms with Gasteiger partial charge in [-0.05, 0) is 23.6 Å². The lowest BCUT2D eigenvalue weighted by Crippen LogP contribution is -2.10. The van der Waals surface area contributed by atoms with Gasteiger partial charge in [-0.2, -0.15) is 0 Å². The monoisotopic (exact) mass is 274 g/mol. The Morgan fingerprint density at radius 3 is 2.70 bits per heavy atom. The van der Waals surface area contributed by atoms with Gasteiger partial charge in [0.15, 0.2) is 0 Å². The second-order valence-electron chi connectivity index (χ2n) is 4.33. The van der Waals surface area contributed by atoms with Crippen molar-refractivity contribution in [3.63, 3.8) is 0 Å². The maximum atomic E-state index is 13.0. The molecule has 1 heterocycles. The number of nitrogens with one attached hydrogen (secondary N) is 1. The number of carboxylic acids is 1. The van der Waals surface area contributed by atoms with Gasteiger partial charge in [0.1, 0.15) is 17.2 Å². The number of halogens is 1. The van der Waals surface area contributed by atoms with Gasteiger partial charge in [-0.3, -0.25) is 0 Å². The quantitative estimate of drug-likeness (QED) is 0.879. The third-order valence-electron chi connectivity index (χ3n) is 3.03. The Bertz CT molecular complexity index is 629. The summed E-state index contributed by atoms with van der Waals surface area (Å²) in [7, 11) is 0. The van der Waals surface area contributed by atoms with Crippen LogP contribution in [0, 0.1) is 5.82 Å². The number of carbonyl (C=O) groups is 1. The van der Waals surface area contributed by atoms with Crippen LogP contribution in [0.25, 0.3) is 0 Å². The van der Waals surface area contributed by atoms with Crippen LogP contribution in [-0.2, 0) is 13.0 Å². The van der Waals surface area contributed by atoms with Crippen LogP contribution in [0.15, 0.2) is 36.5 Å². The van der Waals surface area contributed by atoms with E-state index < -0.39 is 11.8 Å². The van der Waals surface area contributed by atoms with Crippen molar-refractivity contribution in [1.29, 1.82) is 0 Å². The standard InChI is InChI=1S/C15H15FN2O2/c1-2-10-5-3-4-6-11(10)8-17-14-13(15(19)20)7-12(16)9-18-14/h3-7,9H,2,8H2,1H3,(H,17,18)(H,19,20). The largest absolute Gasteiger partial charge is 0.478 e. The second kappa shape index (κ2) is 6.14. The molecule has 0 fully saturated rings. The van der Waals surface area contributed by atoms with E-state index in [0.29, 0.717) is 6.54 Å². The lowest BCUT2D eigenvalue weighted by atomic mass is 10.1. The summed E-state index contributed by atoms with van der Waals surface area (Å²) in [5.74, 6) is -1.70. The van der Waals surface area contributed by atoms with Crippen molar-refractivity contribution >= 4 is 11.8 Å². The summed E-state index contributed by atoms with van der Waals surface area (Å²) in [5.41, 5.74) is 2.08. The van der Waals surface area contributed by atoms with Gasteiger partial charge in [-0.25, -0.2) is 14.2 Å². The average Bonchev–Trinajstić information content (AvgIpc) is 2.46. The number of aromatic nitrogens is 1. The van der Waals surface area contributed by atoms with E-state index in [4.69, 9.17) is 5.11 Å². The highest BCUT2D eigenvalue weighted by molar-refractivity contribution is 5.93. The molecule has 2 rings (SSSR count). The number of pyridine rings is 1. The number of hydrogen-bond acceptors (Lipinski definition) is 3. The van der Waals surface area contributed by atoms with Crippen molar-refractivity contribution < 1.29 is 14.3 Å². The molecule has 4 nitrogen and oxygen atoms in total. The molecule has 0 aliphatic heterocycles. The van der Waals surface area contributed by atoms with Gasteiger partial charge in [-0.1, -0.05) is 31.2 Å². The van der Waals surface area contributed by atoms with E-state index in [2.05, 4.69) is 17.2 Å². The fourth-order valence-electron chi connectivity index (χ4n) is 2.00. The maximum absolute atomic E-state index is 13.0. The SMILES string of the molecule is CCc1ccccc1CNc1ncc(F)cc1C(=O)O. The number of carboxylic acid groups (broad SMARTS) is 1. The fraction of sp³-hybridized carbons (Fsp3) is 0.200. The fourth-order valence-corrected chi connectivity index (χ4v) is 2.00. The Hall–Kier alpha value is -2.43. The van der Waals surface area contributed by atoms with E-state index in [0.717, 1.165) is 24.2 Å². The summed E-state index contributed by atoms with van der Waals surface area (Å²) in [6.45, 7) is 2.50. The van der Waals surface area contributed by atoms with Gasteiger partial charge in [0.25, 0.3) is 0 Å². The number of rotatable bonds is 5. The van der Waals surface area contributed by atoms with Crippen LogP contribution in [0.1, 0.15) is 28.4 Å². The molecule has 0 spiro atoms. The predicted molar refractivity (Wildman–Crippen MR) is 74.3 cm³/mol. The van der Waals surface area contributed by atoms with Crippen molar-refractivity contribution in [2.45, 2.75) is 19.9 Å². The highest BCUT2D eigenvalue weighted by Gasteiger charge is 2.13. The van der Waals surface area contributed by atoms with E-state index in [-0.39, 0.29) is 11.4 Å². The van der Waals surface area contributed by atoms with E-state index in [1.165, 1.54) is 5.56 Å². The Morgan fingerprint density at radius 1 is 1.35 bits per heavy atom. The molecule has 2 N–H and O–H groups in total. The van der Waals surface area contributed by atoms with Crippen LogP contribution in [0.3, 0.4) is 0 Å². The topological polar surface area (TPSA) is 62.2 Å². The van der Waals surface area contributed by atoms with Gasteiger partial charge in [-0.15, -0.1) is 0 Å². The molecule has 0 radical (unpaired) electrons. The van der Waals surface area contributed by atoms with E-state index >= 15 is 0 Å². The molecule has 5 heteroatoms. The Morgan fingerprint density at radius 2 is 2.05 bits per heavy atom. The molecule has 2 aromatic rings. The number of nitrogens with zero attached hydrogens (tertiary/aromatic N) is 1. The molecule has 0 atom stereocenters. The number of aromatic carboxylic acids is 1. The normalized spacial score (nSPS) is 10.3. The van der Waals surface area contributed by atoms with E-state index in [1.807, 2.05) is 24.3 Å². The highest BCUT2D eigenvalue weighted by atomic mass is 19.1. The summed E-state index contributed by atoms with van der Waals surface area (Å²) in [6, 6.07) is 8.83. The minimum atomic E-state index is -1.21. The smallest absolute Gasteiger partial charge is 0.339 e. The van der Waals surface area contributed by atoms with E-state index in [9.17, 15) is 9.18 Å². The van der Waals surface area contributed by atoms with Crippen molar-refractivity contribution in [2.75, 3.05) is 5.32 Å². The highest BCUT2D eigenvalue weighted by Crippen LogP contribution is 2.16. The summed E-state index contributed by atoms with van der Waals surface area (Å²) in [4.78, 5) is 14.9. The van der Waals surface area contributed by atoms with Gasteiger partial charge >= 0.3 is 5.97 Å². The molecule has 0 saturated heterocycles. The number of hydrogen-bond donors (Lipinski definition) is 2. The van der Waals surface area contributed by atoms with E-state index in [1.54, 1.807) is 0 Å². The molecule has 0 aliphatic carbocycles. The summed E-state index contributed by atoms with van der Waals surface area (Å²) >= 11 is 0. The molecule has 1 aromatic carbocycles. The van der Waals surface area contributed by atoms with Crippen LogP contribution in [0.4, 0.5) is 10.2 Å². The summed E-state index contributed by atoms with van der Waals surface area (Å²) in [5, 5.41) is 12.0. The predicted octanol–water partition coefficient (Wildman–Crippen LogP) is 3.09. The molecule has 0 bridgehead atoms. The number of benzene rings is 1. The van der Waals surface area contributed by atoms with Crippen LogP contribution >= 0.6 is 0 Å². The minimum Gasteiger partial charge on any atom is -0.478 e. The molecule has 0 unspecified atom stereocenters. The Labute approximate surface area is 116 Å². The lowest BCUT2D eigenvalue weighted by Gasteiger charge is -2.11. The zero-order valence-electron chi connectivity index (χ0n) is 11.1. The van der Waals surface area contributed by atoms with Crippen LogP contribution in [0.5, 0.6) is 0 Å². The first-order valence-corrected chi connectivity index (χ1v) is 6.31. The molecule has 1 aromatic heterocycles. The first kappa shape index (κ1) is 14.0. The Kier molecular flexibility index (Phi) is 4.30. The van der Waals surface area contributed by atoms with Crippen molar-refractivity contribution in [3.05, 3.63) is 59.0 Å². The second-order valence-corrected chi connectivity index (χ2v) is 4.33. The number of anilines is 1. The minimum absolute atomic E-state index is 0.168. The molecule has 20 heavy (non-hydrogen) atoms. The molecule has 0 aliphatic rings. The lowest BCUT2D eigenvalue weighted by molar-refractivity contribution is 0.0697. The maximum Gasteiger partial charge on any atom is 0.339 e. The zero-order chi connectivity index (χ0) is 14.5. The summed E-state index contributed by atoms with van der Waals surface area (Å²) < 4.78 is 13.0. The Balaban J connectivity index is 2.21. The van der Waals surface area contributed by atoms with Crippen LogP contribution in [-0.4, -0.2) is 16.1 Å². The molecule has 104 valence electrons. The molecule has 0 amide bonds. The van der Waals surface area contributed by atoms with Gasteiger partial charge < -0.3 is 10.4 Å². The third-order valence-corrected chi connectivity index (χ3v) is 3.03. The van der Waals surface area contributed by atoms with Crippen molar-refractivity contribution in [1.82, 2.24) is 4.98 Å². The van der Waals surface area contributed by atoms with Crippen LogP contribution < -0.4 is 5.32 Å². The molecular weight excluding hydrogens is 259 g/mol. The van der Waals surface area contributed by atoms with Crippen LogP contribution in [0.2, 0.25) is 0 Å². The third kappa shape index (κ3) is 3.12. The zero-order valence-corrected chi connectivity index (χ0v) is 11.1. The molecule has 0 saturated carbocycles. The first-order chi connectivity index (χ1) is 9.61. The van der Waals surface area contributed by atoms with Gasteiger partial charge in [0.2, 0.25) is 0 Å². The van der Waals surface area contributed by atoms with Crippen molar-refractivity contribution in [2.24, 2.45) is 0 Å². The summed E-state index contributed by atoms with van der Waals surface area (Å²) in [6.07, 6.45) is 1.89. The van der Waals surface area contributed by atoms with Gasteiger partial charge in [0.05, 0.1) is 6.20 Å². The first-order valence-electron chi connectivity index (χ1n) is 6.31. The van der Waals surface area contributed by atoms with Crippen molar-refractivity contribution in [3.8, 4) is 0 Å². The number of aryl methyl sites for hydroxylation is 1. The average molecular weight is 274 g/mol. The van der Waals surface area contributed by atoms with Gasteiger partial charge in [0, 0.05) is 6.54 Å². The molecular formula is C15H15FN2O2.